The van der Waals surface area contributed by atoms with Crippen molar-refractivity contribution in [3.8, 4) is 11.5 Å². The van der Waals surface area contributed by atoms with E-state index in [9.17, 15) is 9.59 Å². The van der Waals surface area contributed by atoms with Crippen LogP contribution in [0.2, 0.25) is 0 Å². The number of rotatable bonds is 3. The van der Waals surface area contributed by atoms with E-state index in [2.05, 4.69) is 0 Å². The van der Waals surface area contributed by atoms with E-state index in [4.69, 9.17) is 19.2 Å². The van der Waals surface area contributed by atoms with Gasteiger partial charge in [-0.15, -0.1) is 0 Å². The Morgan fingerprint density at radius 2 is 2.00 bits per heavy atom. The summed E-state index contributed by atoms with van der Waals surface area (Å²) < 4.78 is 12.7. The molecule has 7 heteroatoms. The summed E-state index contributed by atoms with van der Waals surface area (Å²) >= 11 is -0.461. The van der Waals surface area contributed by atoms with Gasteiger partial charge in [-0.2, -0.15) is 0 Å². The first-order valence-electron chi connectivity index (χ1n) is 7.44. The van der Waals surface area contributed by atoms with Gasteiger partial charge in [0.2, 0.25) is 0 Å². The molecule has 1 atom stereocenters. The van der Waals surface area contributed by atoms with E-state index in [1.807, 2.05) is 10.7 Å². The maximum absolute atomic E-state index is 13.0. The monoisotopic (exact) mass is 446 g/mol. The molecule has 0 N–H and O–H groups in total. The van der Waals surface area contributed by atoms with Gasteiger partial charge < -0.3 is 0 Å². The molecule has 0 saturated heterocycles. The third kappa shape index (κ3) is 3.37. The average molecular weight is 446 g/mol. The van der Waals surface area contributed by atoms with Gasteiger partial charge in [-0.25, -0.2) is 0 Å². The number of fused-ring (bicyclic) bond motifs is 1. The zero-order chi connectivity index (χ0) is 18.0. The molecule has 0 aliphatic carbocycles. The molecule has 25 heavy (non-hydrogen) atoms. The summed E-state index contributed by atoms with van der Waals surface area (Å²) in [4.78, 5) is 26.8. The Labute approximate surface area is 156 Å². The Morgan fingerprint density at radius 3 is 2.64 bits per heavy atom. The van der Waals surface area contributed by atoms with E-state index in [0.29, 0.717) is 22.7 Å². The van der Waals surface area contributed by atoms with Crippen LogP contribution in [0.4, 0.5) is 5.69 Å². The van der Waals surface area contributed by atoms with Gasteiger partial charge in [-0.05, 0) is 0 Å². The van der Waals surface area contributed by atoms with Crippen LogP contribution in [-0.2, 0) is 20.5 Å². The van der Waals surface area contributed by atoms with Gasteiger partial charge in [0.05, 0.1) is 0 Å². The number of benzene rings is 2. The maximum atomic E-state index is 13.0. The van der Waals surface area contributed by atoms with Crippen LogP contribution in [0.5, 0.6) is 11.5 Å². The zero-order valence-corrected chi connectivity index (χ0v) is 16.0. The zero-order valence-electron chi connectivity index (χ0n) is 13.5. The predicted octanol–water partition coefficient (Wildman–Crippen LogP) is 3.04. The van der Waals surface area contributed by atoms with Gasteiger partial charge in [-0.3, -0.25) is 0 Å². The average Bonchev–Trinajstić information content (AvgIpc) is 2.63. The van der Waals surface area contributed by atoms with Crippen molar-refractivity contribution in [2.75, 3.05) is 12.0 Å². The fourth-order valence-electron chi connectivity index (χ4n) is 2.57. The fraction of sp³-hybridized carbons (Fsp3) is 0.167. The molecule has 131 valence electrons. The van der Waals surface area contributed by atoms with Crippen LogP contribution in [0.1, 0.15) is 22.8 Å². The molecule has 2 aromatic rings. The molecule has 3 rings (SSSR count). The summed E-state index contributed by atoms with van der Waals surface area (Å²) in [5.74, 6) is 0.344. The van der Waals surface area contributed by atoms with Crippen molar-refractivity contribution in [2.45, 2.75) is 13.0 Å². The molecule has 0 spiro atoms. The van der Waals surface area contributed by atoms with Gasteiger partial charge in [0.25, 0.3) is 0 Å². The van der Waals surface area contributed by atoms with E-state index < -0.39 is 33.6 Å². The van der Waals surface area contributed by atoms with E-state index in [1.165, 1.54) is 4.90 Å². The van der Waals surface area contributed by atoms with Crippen molar-refractivity contribution in [3.05, 3.63) is 53.6 Å². The topological polar surface area (TPSA) is 55.8 Å². The molecule has 0 aromatic heterocycles. The van der Waals surface area contributed by atoms with Gasteiger partial charge in [0.1, 0.15) is 0 Å². The molecule has 0 saturated carbocycles. The number of para-hydroxylation sites is 1. The number of carbonyl (C=O) groups excluding carboxylic acids is 2. The van der Waals surface area contributed by atoms with Crippen molar-refractivity contribution < 1.29 is 34.7 Å². The normalized spacial score (nSPS) is 16.8. The predicted molar refractivity (Wildman–Crippen MR) is 92.4 cm³/mol. The van der Waals surface area contributed by atoms with Gasteiger partial charge in [0.15, 0.2) is 0 Å². The first-order valence-corrected chi connectivity index (χ1v) is 10.7. The Bertz CT molecular complexity index is 851. The Balaban J connectivity index is 2.07. The van der Waals surface area contributed by atoms with Crippen molar-refractivity contribution >= 4 is 31.8 Å². The Morgan fingerprint density at radius 1 is 1.28 bits per heavy atom. The number of anilines is 1. The molecule has 2 amide bonds. The summed E-state index contributed by atoms with van der Waals surface area (Å²) in [6.07, 6.45) is -0.754. The second-order valence-electron chi connectivity index (χ2n) is 5.34. The molecule has 5 nitrogen and oxygen atoms in total. The van der Waals surface area contributed by atoms with Crippen LogP contribution in [0.15, 0.2) is 42.5 Å². The Hall–Kier alpha value is -2.04. The number of ether oxygens (including phenoxy) is 2. The Kier molecular flexibility index (Phi) is 5.31. The van der Waals surface area contributed by atoms with Crippen LogP contribution in [0.3, 0.4) is 0 Å². The van der Waals surface area contributed by atoms with E-state index in [1.54, 1.807) is 50.4 Å². The van der Waals surface area contributed by atoms with E-state index in [-0.39, 0.29) is 0 Å². The van der Waals surface area contributed by atoms with Crippen LogP contribution in [0.25, 0.3) is 0 Å². The molecule has 0 bridgehead atoms. The molecule has 2 aromatic carbocycles. The molecular weight excluding hydrogens is 431 g/mol. The fourth-order valence-corrected chi connectivity index (χ4v) is 3.66. The van der Waals surface area contributed by atoms with Crippen molar-refractivity contribution in [1.82, 2.24) is 0 Å². The van der Waals surface area contributed by atoms with Crippen molar-refractivity contribution in [2.24, 2.45) is 0 Å². The molecule has 0 radical (unpaired) electrons. The number of halogens is 1. The van der Waals surface area contributed by atoms with Crippen LogP contribution < -0.4 is 14.4 Å². The summed E-state index contributed by atoms with van der Waals surface area (Å²) in [6, 6.07) is 12.0. The first kappa shape index (κ1) is 17.8. The molecule has 1 heterocycles. The van der Waals surface area contributed by atoms with Crippen LogP contribution >= 0.6 is 9.69 Å². The molecule has 0 fully saturated rings. The number of imide groups is 1. The summed E-state index contributed by atoms with van der Waals surface area (Å²) in [5.41, 5.74) is 1.62. The third-order valence-corrected chi connectivity index (χ3v) is 5.00. The third-order valence-electron chi connectivity index (χ3n) is 3.82. The van der Waals surface area contributed by atoms with Crippen LogP contribution in [-0.4, -0.2) is 29.6 Å². The minimum absolute atomic E-state index is 0.395. The van der Waals surface area contributed by atoms with Gasteiger partial charge >= 0.3 is 157 Å². The second kappa shape index (κ2) is 7.46. The first-order chi connectivity index (χ1) is 12.1. The number of carbonyl (C=O) groups is 2. The summed E-state index contributed by atoms with van der Waals surface area (Å²) in [6.45, 7) is 1.63. The molecule has 1 unspecified atom stereocenters. The van der Waals surface area contributed by atoms with Gasteiger partial charge in [0, 0.05) is 0 Å². The number of hydrogen-bond acceptors (Lipinski definition) is 4. The van der Waals surface area contributed by atoms with Crippen LogP contribution in [0, 0.1) is 0 Å². The second-order valence-corrected chi connectivity index (χ2v) is 7.14. The number of nitrogens with zero attached hydrogens (tertiary/aromatic N) is 1. The molecule has 1 aliphatic rings. The number of amides is 2. The summed E-state index contributed by atoms with van der Waals surface area (Å²) in [7, 11) is 7.44. The SMILES string of the molecule is COc1ccc(C(=O)N2C(=O)C(C)Oc3c([CH]=[Ru][Cl])cccc32)cc1. The number of hydrogen-bond donors (Lipinski definition) is 0. The minimum atomic E-state index is -0.754. The standard InChI is InChI=1S/C18H15NO4.ClH.Ru/c1-11-5-4-6-15-16(11)23-12(2)17(20)19(15)18(21)13-7-9-14(22-3)10-8-13;;/h1,4-10,12H,2-3H3;1H;/q;;+1/p-1. The van der Waals surface area contributed by atoms with Gasteiger partial charge in [-0.1, -0.05) is 0 Å². The molecular formula is C18H15ClNO4Ru. The quantitative estimate of drug-likeness (QED) is 0.538. The van der Waals surface area contributed by atoms with Crippen molar-refractivity contribution in [3.63, 3.8) is 0 Å². The van der Waals surface area contributed by atoms with Crippen molar-refractivity contribution in [1.29, 1.82) is 0 Å². The molecule has 1 aliphatic heterocycles. The summed E-state index contributed by atoms with van der Waals surface area (Å²) in [5, 5.41) is 0. The number of methoxy groups -OCH3 is 1. The van der Waals surface area contributed by atoms with E-state index >= 15 is 0 Å². The van der Waals surface area contributed by atoms with E-state index in [0.717, 1.165) is 5.56 Å².